The summed E-state index contributed by atoms with van der Waals surface area (Å²) in [7, 11) is 1.50. The number of rotatable bonds is 5. The summed E-state index contributed by atoms with van der Waals surface area (Å²) in [6, 6.07) is 3.56. The molecule has 19 heavy (non-hydrogen) atoms. The molecule has 5 nitrogen and oxygen atoms in total. The average Bonchev–Trinajstić information content (AvgIpc) is 2.38. The van der Waals surface area contributed by atoms with Gasteiger partial charge >= 0.3 is 0 Å². The maximum Gasteiger partial charge on any atom is 0.253 e. The summed E-state index contributed by atoms with van der Waals surface area (Å²) < 4.78 is 5.25. The van der Waals surface area contributed by atoms with Gasteiger partial charge in [0.15, 0.2) is 0 Å². The summed E-state index contributed by atoms with van der Waals surface area (Å²) in [4.78, 5) is 23.3. The average molecular weight is 263 g/mol. The molecular formula is C14H19N2O3. The minimum absolute atomic E-state index is 0.258. The first kappa shape index (κ1) is 15.0. The number of hydrogen-bond acceptors (Lipinski definition) is 3. The second-order valence-electron chi connectivity index (χ2n) is 4.01. The lowest BCUT2D eigenvalue weighted by Crippen LogP contribution is -2.25. The van der Waals surface area contributed by atoms with Crippen molar-refractivity contribution in [3.8, 4) is 5.75 Å². The van der Waals surface area contributed by atoms with Crippen LogP contribution in [-0.2, 0) is 11.2 Å². The summed E-state index contributed by atoms with van der Waals surface area (Å²) >= 11 is 0. The van der Waals surface area contributed by atoms with Gasteiger partial charge in [-0.05, 0) is 31.0 Å². The SMILES string of the molecule is [CH2]CNC(=O)c1cc(CC)cc(OC)c1NC(C)=O. The molecule has 2 amide bonds. The van der Waals surface area contributed by atoms with Crippen LogP contribution < -0.4 is 15.4 Å². The summed E-state index contributed by atoms with van der Waals surface area (Å²) in [6.45, 7) is 7.22. The molecule has 5 heteroatoms. The van der Waals surface area contributed by atoms with Gasteiger partial charge in [0, 0.05) is 13.5 Å². The van der Waals surface area contributed by atoms with Crippen LogP contribution in [0.3, 0.4) is 0 Å². The maximum atomic E-state index is 12.0. The normalized spacial score (nSPS) is 9.89. The third-order valence-corrected chi connectivity index (χ3v) is 2.62. The first-order valence-electron chi connectivity index (χ1n) is 6.09. The topological polar surface area (TPSA) is 67.4 Å². The predicted molar refractivity (Wildman–Crippen MR) is 74.4 cm³/mol. The third-order valence-electron chi connectivity index (χ3n) is 2.62. The second-order valence-corrected chi connectivity index (χ2v) is 4.01. The Morgan fingerprint density at radius 2 is 2.05 bits per heavy atom. The standard InChI is InChI=1S/C14H19N2O3/c1-5-10-7-11(14(18)15-6-2)13(16-9(3)17)12(8-10)19-4/h7-8H,2,5-6H2,1,3-4H3,(H,15,18)(H,16,17). The van der Waals surface area contributed by atoms with Gasteiger partial charge in [0.1, 0.15) is 5.75 Å². The smallest absolute Gasteiger partial charge is 0.253 e. The van der Waals surface area contributed by atoms with Crippen LogP contribution in [0.4, 0.5) is 5.69 Å². The molecular weight excluding hydrogens is 244 g/mol. The number of anilines is 1. The van der Waals surface area contributed by atoms with E-state index in [-0.39, 0.29) is 18.4 Å². The zero-order valence-electron chi connectivity index (χ0n) is 11.5. The molecule has 0 heterocycles. The molecule has 0 aliphatic rings. The molecule has 103 valence electrons. The number of methoxy groups -OCH3 is 1. The van der Waals surface area contributed by atoms with Crippen molar-refractivity contribution in [2.75, 3.05) is 19.0 Å². The Hall–Kier alpha value is -2.04. The highest BCUT2D eigenvalue weighted by Crippen LogP contribution is 2.30. The number of carbonyl (C=O) groups is 2. The van der Waals surface area contributed by atoms with E-state index in [1.165, 1.54) is 14.0 Å². The zero-order valence-corrected chi connectivity index (χ0v) is 11.5. The lowest BCUT2D eigenvalue weighted by atomic mass is 10.0. The number of nitrogens with one attached hydrogen (secondary N) is 2. The van der Waals surface area contributed by atoms with E-state index < -0.39 is 0 Å². The van der Waals surface area contributed by atoms with Crippen molar-refractivity contribution in [1.82, 2.24) is 5.32 Å². The quantitative estimate of drug-likeness (QED) is 0.851. The minimum atomic E-state index is -0.285. The Kier molecular flexibility index (Phi) is 5.36. The number of amides is 2. The lowest BCUT2D eigenvalue weighted by molar-refractivity contribution is -0.114. The summed E-state index contributed by atoms with van der Waals surface area (Å²) in [5.74, 6) is -0.0673. The van der Waals surface area contributed by atoms with Gasteiger partial charge in [-0.3, -0.25) is 9.59 Å². The van der Waals surface area contributed by atoms with Gasteiger partial charge in [-0.1, -0.05) is 6.92 Å². The highest BCUT2D eigenvalue weighted by molar-refractivity contribution is 6.05. The van der Waals surface area contributed by atoms with Crippen LogP contribution in [0.5, 0.6) is 5.75 Å². The van der Waals surface area contributed by atoms with Crippen LogP contribution in [0.1, 0.15) is 29.8 Å². The molecule has 1 radical (unpaired) electrons. The Bertz CT molecular complexity index is 484. The summed E-state index contributed by atoms with van der Waals surface area (Å²) in [5.41, 5.74) is 1.73. The lowest BCUT2D eigenvalue weighted by Gasteiger charge is -2.15. The molecule has 0 spiro atoms. The molecule has 1 aromatic rings. The van der Waals surface area contributed by atoms with Crippen molar-refractivity contribution in [1.29, 1.82) is 0 Å². The van der Waals surface area contributed by atoms with Crippen LogP contribution in [0, 0.1) is 6.92 Å². The van der Waals surface area contributed by atoms with Crippen molar-refractivity contribution in [2.24, 2.45) is 0 Å². The van der Waals surface area contributed by atoms with Crippen LogP contribution >= 0.6 is 0 Å². The van der Waals surface area contributed by atoms with Crippen molar-refractivity contribution in [3.05, 3.63) is 30.2 Å². The molecule has 2 N–H and O–H groups in total. The van der Waals surface area contributed by atoms with E-state index in [0.29, 0.717) is 17.0 Å². The molecule has 0 saturated carbocycles. The van der Waals surface area contributed by atoms with Gasteiger partial charge in [-0.25, -0.2) is 0 Å². The molecule has 1 rings (SSSR count). The van der Waals surface area contributed by atoms with E-state index in [9.17, 15) is 9.59 Å². The molecule has 0 bridgehead atoms. The van der Waals surface area contributed by atoms with Gasteiger partial charge in [-0.2, -0.15) is 0 Å². The number of aryl methyl sites for hydroxylation is 1. The van der Waals surface area contributed by atoms with Gasteiger partial charge in [0.25, 0.3) is 5.91 Å². The van der Waals surface area contributed by atoms with Crippen molar-refractivity contribution in [3.63, 3.8) is 0 Å². The van der Waals surface area contributed by atoms with Crippen molar-refractivity contribution < 1.29 is 14.3 Å². The van der Waals surface area contributed by atoms with Gasteiger partial charge < -0.3 is 15.4 Å². The molecule has 0 atom stereocenters. The first-order chi connectivity index (χ1) is 9.03. The Morgan fingerprint density at radius 3 is 2.53 bits per heavy atom. The Morgan fingerprint density at radius 1 is 1.37 bits per heavy atom. The fraction of sp³-hybridized carbons (Fsp3) is 0.357. The molecule has 0 aliphatic carbocycles. The number of ether oxygens (including phenoxy) is 1. The van der Waals surface area contributed by atoms with Crippen molar-refractivity contribution in [2.45, 2.75) is 20.3 Å². The van der Waals surface area contributed by atoms with E-state index in [1.54, 1.807) is 6.07 Å². The molecule has 0 aromatic heterocycles. The van der Waals surface area contributed by atoms with E-state index in [1.807, 2.05) is 13.0 Å². The summed E-state index contributed by atoms with van der Waals surface area (Å²) in [5, 5.41) is 5.26. The highest BCUT2D eigenvalue weighted by Gasteiger charge is 2.17. The van der Waals surface area contributed by atoms with Crippen LogP contribution in [-0.4, -0.2) is 25.5 Å². The predicted octanol–water partition coefficient (Wildman–Crippen LogP) is 1.78. The molecule has 0 fully saturated rings. The van der Waals surface area contributed by atoms with E-state index in [2.05, 4.69) is 17.6 Å². The molecule has 0 aliphatic heterocycles. The second kappa shape index (κ2) is 6.78. The Balaban J connectivity index is 3.36. The van der Waals surface area contributed by atoms with E-state index in [4.69, 9.17) is 4.74 Å². The molecule has 1 aromatic carbocycles. The maximum absolute atomic E-state index is 12.0. The summed E-state index contributed by atoms with van der Waals surface area (Å²) in [6.07, 6.45) is 0.765. The van der Waals surface area contributed by atoms with Gasteiger partial charge in [0.2, 0.25) is 5.91 Å². The van der Waals surface area contributed by atoms with Crippen LogP contribution in [0.15, 0.2) is 12.1 Å². The fourth-order valence-corrected chi connectivity index (χ4v) is 1.73. The van der Waals surface area contributed by atoms with E-state index in [0.717, 1.165) is 12.0 Å². The zero-order chi connectivity index (χ0) is 14.4. The number of hydrogen-bond donors (Lipinski definition) is 2. The Labute approximate surface area is 113 Å². The van der Waals surface area contributed by atoms with Crippen LogP contribution in [0.25, 0.3) is 0 Å². The third kappa shape index (κ3) is 3.71. The molecule has 0 saturated heterocycles. The largest absolute Gasteiger partial charge is 0.495 e. The van der Waals surface area contributed by atoms with Crippen LogP contribution in [0.2, 0.25) is 0 Å². The fourth-order valence-electron chi connectivity index (χ4n) is 1.73. The number of carbonyl (C=O) groups excluding carboxylic acids is 2. The monoisotopic (exact) mass is 263 g/mol. The van der Waals surface area contributed by atoms with Gasteiger partial charge in [0.05, 0.1) is 18.4 Å². The van der Waals surface area contributed by atoms with Gasteiger partial charge in [-0.15, -0.1) is 0 Å². The molecule has 0 unspecified atom stereocenters. The highest BCUT2D eigenvalue weighted by atomic mass is 16.5. The first-order valence-corrected chi connectivity index (χ1v) is 6.09. The minimum Gasteiger partial charge on any atom is -0.495 e. The number of benzene rings is 1. The van der Waals surface area contributed by atoms with Crippen molar-refractivity contribution >= 4 is 17.5 Å². The van der Waals surface area contributed by atoms with E-state index >= 15 is 0 Å².